The molecule has 1 fully saturated rings. The van der Waals surface area contributed by atoms with Crippen LogP contribution in [0.5, 0.6) is 5.75 Å². The zero-order valence-corrected chi connectivity index (χ0v) is 18.5. The number of carbonyl (C=O) groups excluding carboxylic acids is 1. The Bertz CT molecular complexity index is 988. The van der Waals surface area contributed by atoms with Crippen molar-refractivity contribution < 1.29 is 13.9 Å². The molecule has 0 atom stereocenters. The molecular weight excluding hydrogens is 368 g/mol. The first-order valence-corrected chi connectivity index (χ1v) is 10.1. The van der Waals surface area contributed by atoms with Crippen LogP contribution in [0.2, 0.25) is 0 Å². The Morgan fingerprint density at radius 1 is 1.21 bits per heavy atom. The van der Waals surface area contributed by atoms with Gasteiger partial charge in [0.1, 0.15) is 11.3 Å². The average molecular weight is 401 g/mol. The summed E-state index contributed by atoms with van der Waals surface area (Å²) in [5.41, 5.74) is 1.93. The quantitative estimate of drug-likeness (QED) is 0.769. The van der Waals surface area contributed by atoms with Gasteiger partial charge in [0, 0.05) is 17.1 Å². The zero-order valence-electron chi connectivity index (χ0n) is 18.5. The van der Waals surface area contributed by atoms with E-state index >= 15 is 0 Å². The summed E-state index contributed by atoms with van der Waals surface area (Å²) in [5, 5.41) is 7.48. The van der Waals surface area contributed by atoms with Crippen LogP contribution in [-0.2, 0) is 11.2 Å². The number of amides is 1. The second-order valence-corrected chi connectivity index (χ2v) is 9.58. The van der Waals surface area contributed by atoms with E-state index in [-0.39, 0.29) is 29.4 Å². The van der Waals surface area contributed by atoms with E-state index in [0.717, 1.165) is 29.4 Å². The number of carbonyl (C=O) groups is 1. The van der Waals surface area contributed by atoms with Gasteiger partial charge in [0.2, 0.25) is 5.91 Å². The third-order valence-corrected chi connectivity index (χ3v) is 5.60. The van der Waals surface area contributed by atoms with Crippen molar-refractivity contribution in [3.05, 3.63) is 39.2 Å². The number of aryl methyl sites for hydroxylation is 2. The van der Waals surface area contributed by atoms with Gasteiger partial charge in [0.25, 0.3) is 0 Å². The summed E-state index contributed by atoms with van der Waals surface area (Å²) in [6.07, 6.45) is 1.66. The molecule has 0 unspecified atom stereocenters. The predicted octanol–water partition coefficient (Wildman–Crippen LogP) is 3.39. The molecule has 0 spiro atoms. The van der Waals surface area contributed by atoms with Crippen LogP contribution in [0.3, 0.4) is 0 Å². The van der Waals surface area contributed by atoms with Crippen molar-refractivity contribution in [3.63, 3.8) is 0 Å². The van der Waals surface area contributed by atoms with Crippen molar-refractivity contribution >= 4 is 16.9 Å². The molecule has 2 aromatic rings. The highest BCUT2D eigenvalue weighted by atomic mass is 16.5. The Kier molecular flexibility index (Phi) is 5.52. The number of piperidine rings is 1. The molecule has 6 heteroatoms. The normalized spacial score (nSPS) is 18.6. The minimum atomic E-state index is -0.469. The van der Waals surface area contributed by atoms with Crippen molar-refractivity contribution in [3.8, 4) is 5.75 Å². The van der Waals surface area contributed by atoms with E-state index in [1.54, 1.807) is 7.11 Å². The van der Waals surface area contributed by atoms with Gasteiger partial charge in [-0.05, 0) is 77.6 Å². The van der Waals surface area contributed by atoms with Crippen molar-refractivity contribution in [2.24, 2.45) is 0 Å². The highest BCUT2D eigenvalue weighted by molar-refractivity contribution is 5.89. The number of rotatable bonds is 4. The number of benzene rings is 1. The largest absolute Gasteiger partial charge is 0.496 e. The first-order valence-electron chi connectivity index (χ1n) is 10.1. The van der Waals surface area contributed by atoms with Crippen LogP contribution in [0.4, 0.5) is 0 Å². The number of nitrogens with one attached hydrogen (secondary N) is 2. The highest BCUT2D eigenvalue weighted by Gasteiger charge is 2.38. The van der Waals surface area contributed by atoms with E-state index in [0.29, 0.717) is 16.9 Å². The number of hydrogen-bond acceptors (Lipinski definition) is 5. The van der Waals surface area contributed by atoms with Crippen molar-refractivity contribution in [1.82, 2.24) is 10.6 Å². The number of ether oxygens (including phenoxy) is 1. The highest BCUT2D eigenvalue weighted by Crippen LogP contribution is 2.31. The Balaban J connectivity index is 1.87. The van der Waals surface area contributed by atoms with Gasteiger partial charge < -0.3 is 19.8 Å². The SMILES string of the molecule is COc1cc(C)cc2oc(=O)c(CC(=O)NC3CC(C)(C)NC(C)(C)C3)c(C)c12. The first-order chi connectivity index (χ1) is 13.4. The van der Waals surface area contributed by atoms with E-state index in [2.05, 4.69) is 38.3 Å². The lowest BCUT2D eigenvalue weighted by atomic mass is 9.79. The van der Waals surface area contributed by atoms with Gasteiger partial charge >= 0.3 is 5.63 Å². The van der Waals surface area contributed by atoms with Crippen LogP contribution in [-0.4, -0.2) is 30.1 Å². The van der Waals surface area contributed by atoms with Crippen molar-refractivity contribution in [2.75, 3.05) is 7.11 Å². The second-order valence-electron chi connectivity index (χ2n) is 9.58. The maximum atomic E-state index is 12.8. The van der Waals surface area contributed by atoms with Gasteiger partial charge in [0.05, 0.1) is 24.5 Å². The lowest BCUT2D eigenvalue weighted by molar-refractivity contribution is -0.121. The number of fused-ring (bicyclic) bond motifs is 1. The fourth-order valence-corrected chi connectivity index (χ4v) is 4.87. The van der Waals surface area contributed by atoms with E-state index < -0.39 is 5.63 Å². The summed E-state index contributed by atoms with van der Waals surface area (Å²) in [4.78, 5) is 25.4. The van der Waals surface area contributed by atoms with Gasteiger partial charge in [-0.2, -0.15) is 0 Å². The maximum Gasteiger partial charge on any atom is 0.340 e. The summed E-state index contributed by atoms with van der Waals surface area (Å²) in [5.74, 6) is 0.481. The third-order valence-electron chi connectivity index (χ3n) is 5.60. The monoisotopic (exact) mass is 400 g/mol. The van der Waals surface area contributed by atoms with Crippen LogP contribution in [0.25, 0.3) is 11.0 Å². The fraction of sp³-hybridized carbons (Fsp3) is 0.565. The van der Waals surface area contributed by atoms with E-state index in [1.807, 2.05) is 26.0 Å². The van der Waals surface area contributed by atoms with Crippen LogP contribution in [0.1, 0.15) is 57.2 Å². The second kappa shape index (κ2) is 7.48. The van der Waals surface area contributed by atoms with Crippen LogP contribution in [0.15, 0.2) is 21.3 Å². The molecule has 1 saturated heterocycles. The molecule has 158 valence electrons. The molecule has 1 aromatic carbocycles. The molecular formula is C23H32N2O4. The summed E-state index contributed by atoms with van der Waals surface area (Å²) in [6, 6.07) is 3.77. The molecule has 1 aliphatic rings. The Hall–Kier alpha value is -2.34. The molecule has 29 heavy (non-hydrogen) atoms. The minimum absolute atomic E-state index is 0.00801. The predicted molar refractivity (Wildman–Crippen MR) is 115 cm³/mol. The molecule has 1 aromatic heterocycles. The summed E-state index contributed by atoms with van der Waals surface area (Å²) < 4.78 is 11.0. The van der Waals surface area contributed by atoms with Gasteiger partial charge in [-0.15, -0.1) is 0 Å². The van der Waals surface area contributed by atoms with Crippen molar-refractivity contribution in [1.29, 1.82) is 0 Å². The first kappa shape index (κ1) is 21.4. The number of methoxy groups -OCH3 is 1. The molecule has 1 amide bonds. The molecule has 0 saturated carbocycles. The molecule has 1 aliphatic heterocycles. The van der Waals surface area contributed by atoms with Crippen LogP contribution in [0, 0.1) is 13.8 Å². The lowest BCUT2D eigenvalue weighted by Crippen LogP contribution is -2.62. The van der Waals surface area contributed by atoms with Crippen molar-refractivity contribution in [2.45, 2.75) is 77.9 Å². The zero-order chi connectivity index (χ0) is 21.6. The summed E-state index contributed by atoms with van der Waals surface area (Å²) in [6.45, 7) is 12.3. The number of hydrogen-bond donors (Lipinski definition) is 2. The van der Waals surface area contributed by atoms with Crippen LogP contribution >= 0.6 is 0 Å². The lowest BCUT2D eigenvalue weighted by Gasteiger charge is -2.46. The molecule has 6 nitrogen and oxygen atoms in total. The maximum absolute atomic E-state index is 12.8. The molecule has 2 N–H and O–H groups in total. The molecule has 2 heterocycles. The fourth-order valence-electron chi connectivity index (χ4n) is 4.87. The van der Waals surface area contributed by atoms with E-state index in [1.165, 1.54) is 0 Å². The Morgan fingerprint density at radius 2 is 1.83 bits per heavy atom. The smallest absolute Gasteiger partial charge is 0.340 e. The molecule has 0 bridgehead atoms. The molecule has 3 rings (SSSR count). The Labute approximate surface area is 172 Å². The average Bonchev–Trinajstić information content (AvgIpc) is 2.54. The van der Waals surface area contributed by atoms with E-state index in [4.69, 9.17) is 9.15 Å². The van der Waals surface area contributed by atoms with E-state index in [9.17, 15) is 9.59 Å². The summed E-state index contributed by atoms with van der Waals surface area (Å²) >= 11 is 0. The van der Waals surface area contributed by atoms with Gasteiger partial charge in [-0.25, -0.2) is 4.79 Å². The Morgan fingerprint density at radius 3 is 2.41 bits per heavy atom. The summed E-state index contributed by atoms with van der Waals surface area (Å²) in [7, 11) is 1.59. The van der Waals surface area contributed by atoms with Gasteiger partial charge in [-0.3, -0.25) is 4.79 Å². The molecule has 0 aliphatic carbocycles. The molecule has 0 radical (unpaired) electrons. The van der Waals surface area contributed by atoms with Crippen LogP contribution < -0.4 is 21.0 Å². The van der Waals surface area contributed by atoms with Gasteiger partial charge in [-0.1, -0.05) is 0 Å². The standard InChI is InChI=1S/C23H32N2O4/c1-13-8-17(28-7)20-14(2)16(21(27)29-18(20)9-13)10-19(26)24-15-11-22(3,4)25-23(5,6)12-15/h8-9,15,25H,10-12H2,1-7H3,(H,24,26). The minimum Gasteiger partial charge on any atom is -0.496 e. The topological polar surface area (TPSA) is 80.6 Å². The third kappa shape index (κ3) is 4.64. The van der Waals surface area contributed by atoms with Gasteiger partial charge in [0.15, 0.2) is 0 Å².